The lowest BCUT2D eigenvalue weighted by molar-refractivity contribution is -0.120. The molecule has 2 heteroatoms. The zero-order valence-corrected chi connectivity index (χ0v) is 10.6. The Balaban J connectivity index is 3.64. The summed E-state index contributed by atoms with van der Waals surface area (Å²) in [7, 11) is 0. The van der Waals surface area contributed by atoms with Crippen molar-refractivity contribution in [1.29, 1.82) is 0 Å². The van der Waals surface area contributed by atoms with Crippen molar-refractivity contribution in [2.75, 3.05) is 6.54 Å². The average Bonchev–Trinajstić information content (AvgIpc) is 2.23. The summed E-state index contributed by atoms with van der Waals surface area (Å²) in [5.74, 6) is 1.63. The van der Waals surface area contributed by atoms with Crippen molar-refractivity contribution in [2.45, 2.75) is 59.3 Å². The Labute approximate surface area is 94.6 Å². The molecule has 0 amide bonds. The number of Topliss-reactive ketones (excluding diaryl/α,β-unsaturated/α-hetero) is 1. The van der Waals surface area contributed by atoms with Gasteiger partial charge in [0.25, 0.3) is 0 Å². The van der Waals surface area contributed by atoms with Gasteiger partial charge in [-0.2, -0.15) is 0 Å². The molecule has 0 rings (SSSR count). The highest BCUT2D eigenvalue weighted by molar-refractivity contribution is 5.78. The quantitative estimate of drug-likeness (QED) is 0.639. The highest BCUT2D eigenvalue weighted by atomic mass is 16.1. The van der Waals surface area contributed by atoms with Crippen LogP contribution in [-0.4, -0.2) is 12.3 Å². The van der Waals surface area contributed by atoms with Crippen LogP contribution in [-0.2, 0) is 4.79 Å². The lowest BCUT2D eigenvalue weighted by Gasteiger charge is -2.12. The molecule has 0 spiro atoms. The summed E-state index contributed by atoms with van der Waals surface area (Å²) in [5.41, 5.74) is 5.47. The third kappa shape index (κ3) is 7.55. The lowest BCUT2D eigenvalue weighted by Crippen LogP contribution is -2.10. The first kappa shape index (κ1) is 14.6. The van der Waals surface area contributed by atoms with Crippen LogP contribution in [0.15, 0.2) is 0 Å². The largest absolute Gasteiger partial charge is 0.330 e. The number of nitrogens with two attached hydrogens (primary N) is 1. The summed E-state index contributed by atoms with van der Waals surface area (Å²) in [4.78, 5) is 11.6. The molecule has 0 aromatic carbocycles. The van der Waals surface area contributed by atoms with Crippen LogP contribution in [0.1, 0.15) is 59.3 Å². The minimum atomic E-state index is 0.438. The van der Waals surface area contributed by atoms with Crippen molar-refractivity contribution in [1.82, 2.24) is 0 Å². The first-order valence-electron chi connectivity index (χ1n) is 6.35. The van der Waals surface area contributed by atoms with Crippen molar-refractivity contribution in [3.8, 4) is 0 Å². The molecule has 0 radical (unpaired) electrons. The van der Waals surface area contributed by atoms with E-state index in [0.29, 0.717) is 17.6 Å². The molecule has 1 atom stereocenters. The van der Waals surface area contributed by atoms with E-state index in [0.717, 1.165) is 45.1 Å². The first-order chi connectivity index (χ1) is 7.13. The van der Waals surface area contributed by atoms with E-state index in [-0.39, 0.29) is 0 Å². The van der Waals surface area contributed by atoms with Gasteiger partial charge in [-0.1, -0.05) is 33.6 Å². The van der Waals surface area contributed by atoms with Crippen LogP contribution in [0.3, 0.4) is 0 Å². The summed E-state index contributed by atoms with van der Waals surface area (Å²) in [5, 5.41) is 0. The van der Waals surface area contributed by atoms with E-state index in [4.69, 9.17) is 5.73 Å². The normalized spacial score (nSPS) is 13.1. The van der Waals surface area contributed by atoms with Crippen LogP contribution in [0, 0.1) is 11.8 Å². The monoisotopic (exact) mass is 213 g/mol. The molecule has 0 aliphatic heterocycles. The maximum absolute atomic E-state index is 11.6. The molecule has 0 aromatic rings. The van der Waals surface area contributed by atoms with Gasteiger partial charge in [-0.25, -0.2) is 0 Å². The summed E-state index contributed by atoms with van der Waals surface area (Å²) < 4.78 is 0. The SMILES string of the molecule is CCC(CC)CC(=O)CCC(C)CCN. The first-order valence-corrected chi connectivity index (χ1v) is 6.35. The molecule has 15 heavy (non-hydrogen) atoms. The number of rotatable bonds is 9. The minimum Gasteiger partial charge on any atom is -0.330 e. The predicted molar refractivity (Wildman–Crippen MR) is 65.8 cm³/mol. The fourth-order valence-electron chi connectivity index (χ4n) is 1.84. The number of ketones is 1. The van der Waals surface area contributed by atoms with Crippen LogP contribution in [0.2, 0.25) is 0 Å². The smallest absolute Gasteiger partial charge is 0.133 e. The molecule has 0 fully saturated rings. The van der Waals surface area contributed by atoms with E-state index in [1.54, 1.807) is 0 Å². The van der Waals surface area contributed by atoms with Gasteiger partial charge in [0.2, 0.25) is 0 Å². The minimum absolute atomic E-state index is 0.438. The van der Waals surface area contributed by atoms with Crippen molar-refractivity contribution in [2.24, 2.45) is 17.6 Å². The van der Waals surface area contributed by atoms with E-state index >= 15 is 0 Å². The van der Waals surface area contributed by atoms with Gasteiger partial charge in [-0.15, -0.1) is 0 Å². The van der Waals surface area contributed by atoms with Crippen LogP contribution < -0.4 is 5.73 Å². The highest BCUT2D eigenvalue weighted by Gasteiger charge is 2.11. The maximum Gasteiger partial charge on any atom is 0.133 e. The Morgan fingerprint density at radius 1 is 1.20 bits per heavy atom. The number of hydrogen-bond acceptors (Lipinski definition) is 2. The third-order valence-corrected chi connectivity index (χ3v) is 3.25. The summed E-state index contributed by atoms with van der Waals surface area (Å²) in [6, 6.07) is 0. The van der Waals surface area contributed by atoms with Gasteiger partial charge in [-0.3, -0.25) is 4.79 Å². The van der Waals surface area contributed by atoms with Gasteiger partial charge in [-0.05, 0) is 31.2 Å². The molecular formula is C13H27NO. The number of carbonyl (C=O) groups excluding carboxylic acids is 1. The Morgan fingerprint density at radius 3 is 2.27 bits per heavy atom. The molecule has 2 nitrogen and oxygen atoms in total. The second-order valence-corrected chi connectivity index (χ2v) is 4.65. The second kappa shape index (κ2) is 8.90. The Hall–Kier alpha value is -0.370. The zero-order chi connectivity index (χ0) is 11.7. The van der Waals surface area contributed by atoms with Gasteiger partial charge < -0.3 is 5.73 Å². The highest BCUT2D eigenvalue weighted by Crippen LogP contribution is 2.16. The number of hydrogen-bond donors (Lipinski definition) is 1. The topological polar surface area (TPSA) is 43.1 Å². The standard InChI is InChI=1S/C13H27NO/c1-4-12(5-2)10-13(15)7-6-11(3)8-9-14/h11-12H,4-10,14H2,1-3H3. The van der Waals surface area contributed by atoms with Crippen molar-refractivity contribution in [3.63, 3.8) is 0 Å². The zero-order valence-electron chi connectivity index (χ0n) is 10.6. The fraction of sp³-hybridized carbons (Fsp3) is 0.923. The predicted octanol–water partition coefficient (Wildman–Crippen LogP) is 3.15. The molecule has 1 unspecified atom stereocenters. The molecule has 0 aliphatic rings. The van der Waals surface area contributed by atoms with Gasteiger partial charge in [0, 0.05) is 12.8 Å². The van der Waals surface area contributed by atoms with Crippen LogP contribution in [0.25, 0.3) is 0 Å². The molecule has 0 aromatic heterocycles. The molecule has 0 saturated carbocycles. The third-order valence-electron chi connectivity index (χ3n) is 3.25. The van der Waals surface area contributed by atoms with E-state index in [1.807, 2.05) is 0 Å². The Morgan fingerprint density at radius 2 is 1.80 bits per heavy atom. The summed E-state index contributed by atoms with van der Waals surface area (Å²) in [6.07, 6.45) is 5.83. The van der Waals surface area contributed by atoms with E-state index < -0.39 is 0 Å². The Kier molecular flexibility index (Phi) is 8.68. The molecule has 0 heterocycles. The summed E-state index contributed by atoms with van der Waals surface area (Å²) >= 11 is 0. The van der Waals surface area contributed by atoms with Crippen molar-refractivity contribution < 1.29 is 4.79 Å². The molecular weight excluding hydrogens is 186 g/mol. The van der Waals surface area contributed by atoms with E-state index in [9.17, 15) is 4.79 Å². The van der Waals surface area contributed by atoms with Crippen LogP contribution >= 0.6 is 0 Å². The van der Waals surface area contributed by atoms with Gasteiger partial charge >= 0.3 is 0 Å². The average molecular weight is 213 g/mol. The van der Waals surface area contributed by atoms with E-state index in [1.165, 1.54) is 0 Å². The van der Waals surface area contributed by atoms with Crippen molar-refractivity contribution >= 4 is 5.78 Å². The number of carbonyl (C=O) groups is 1. The Bertz CT molecular complexity index is 164. The van der Waals surface area contributed by atoms with Crippen molar-refractivity contribution in [3.05, 3.63) is 0 Å². The maximum atomic E-state index is 11.6. The van der Waals surface area contributed by atoms with E-state index in [2.05, 4.69) is 20.8 Å². The molecule has 0 bridgehead atoms. The van der Waals surface area contributed by atoms with Gasteiger partial charge in [0.1, 0.15) is 5.78 Å². The molecule has 0 aliphatic carbocycles. The summed E-state index contributed by atoms with van der Waals surface area (Å²) in [6.45, 7) is 7.25. The molecule has 2 N–H and O–H groups in total. The van der Waals surface area contributed by atoms with Crippen LogP contribution in [0.4, 0.5) is 0 Å². The molecule has 0 saturated heterocycles. The van der Waals surface area contributed by atoms with Gasteiger partial charge in [0.05, 0.1) is 0 Å². The fourth-order valence-corrected chi connectivity index (χ4v) is 1.84. The second-order valence-electron chi connectivity index (χ2n) is 4.65. The van der Waals surface area contributed by atoms with Gasteiger partial charge in [0.15, 0.2) is 0 Å². The van der Waals surface area contributed by atoms with Crippen LogP contribution in [0.5, 0.6) is 0 Å². The lowest BCUT2D eigenvalue weighted by atomic mass is 9.93. The molecule has 90 valence electrons.